The summed E-state index contributed by atoms with van der Waals surface area (Å²) in [6.07, 6.45) is -8.30. The maximum atomic E-state index is 13.2. The molecule has 1 fully saturated rings. The van der Waals surface area contributed by atoms with E-state index in [0.29, 0.717) is 18.9 Å². The van der Waals surface area contributed by atoms with Crippen molar-refractivity contribution in [3.63, 3.8) is 0 Å². The number of piperazine rings is 1. The van der Waals surface area contributed by atoms with Crippen LogP contribution in [0.25, 0.3) is 11.4 Å². The van der Waals surface area contributed by atoms with E-state index in [-0.39, 0.29) is 23.0 Å². The van der Waals surface area contributed by atoms with Crippen LogP contribution >= 0.6 is 0 Å². The second-order valence-electron chi connectivity index (χ2n) is 7.68. The van der Waals surface area contributed by atoms with Crippen LogP contribution in [0.3, 0.4) is 0 Å². The lowest BCUT2D eigenvalue weighted by molar-refractivity contribution is -0.141. The fraction of sp³-hybridized carbons (Fsp3) is 0.333. The zero-order valence-electron chi connectivity index (χ0n) is 17.8. The van der Waals surface area contributed by atoms with Gasteiger partial charge in [0.15, 0.2) is 0 Å². The molecule has 4 heterocycles. The van der Waals surface area contributed by atoms with Gasteiger partial charge >= 0.3 is 12.4 Å². The minimum Gasteiger partial charge on any atom is -0.354 e. The van der Waals surface area contributed by atoms with E-state index in [9.17, 15) is 26.3 Å². The Bertz CT molecular complexity index is 1160. The Kier molecular flexibility index (Phi) is 6.30. The second kappa shape index (κ2) is 9.05. The molecule has 0 atom stereocenters. The number of anilines is 3. The van der Waals surface area contributed by atoms with Crippen LogP contribution in [0.4, 0.5) is 43.8 Å². The van der Waals surface area contributed by atoms with Crippen LogP contribution in [0.15, 0.2) is 42.6 Å². The molecule has 1 aliphatic rings. The number of nitrogens with zero attached hydrogens (tertiary/aromatic N) is 6. The van der Waals surface area contributed by atoms with Gasteiger partial charge in [-0.2, -0.15) is 31.3 Å². The van der Waals surface area contributed by atoms with E-state index in [1.54, 1.807) is 0 Å². The van der Waals surface area contributed by atoms with Crippen molar-refractivity contribution in [2.24, 2.45) is 0 Å². The maximum absolute atomic E-state index is 13.2. The van der Waals surface area contributed by atoms with Gasteiger partial charge < -0.3 is 15.1 Å². The molecule has 0 aliphatic carbocycles. The molecule has 1 saturated heterocycles. The molecule has 3 aromatic rings. The van der Waals surface area contributed by atoms with E-state index in [0.717, 1.165) is 31.4 Å². The molecule has 13 heteroatoms. The van der Waals surface area contributed by atoms with Gasteiger partial charge in [0.2, 0.25) is 5.95 Å². The molecule has 0 unspecified atom stereocenters. The Balaban J connectivity index is 1.74. The third kappa shape index (κ3) is 5.53. The molecule has 0 saturated carbocycles. The van der Waals surface area contributed by atoms with Crippen molar-refractivity contribution in [2.45, 2.75) is 12.4 Å². The number of hydrogen-bond donors (Lipinski definition) is 1. The van der Waals surface area contributed by atoms with Crippen LogP contribution in [-0.2, 0) is 12.4 Å². The van der Waals surface area contributed by atoms with Gasteiger partial charge in [0.05, 0.1) is 11.4 Å². The Morgan fingerprint density at radius 3 is 2.18 bits per heavy atom. The third-order valence-corrected chi connectivity index (χ3v) is 5.15. The van der Waals surface area contributed by atoms with Gasteiger partial charge in [-0.25, -0.2) is 9.97 Å². The number of likely N-dealkylation sites (N-methyl/N-ethyl adjacent to an activating group) is 1. The molecule has 0 aromatic carbocycles. The van der Waals surface area contributed by atoms with Crippen LogP contribution in [0.1, 0.15) is 11.4 Å². The summed E-state index contributed by atoms with van der Waals surface area (Å²) in [5.41, 5.74) is -2.10. The van der Waals surface area contributed by atoms with E-state index < -0.39 is 23.7 Å². The number of nitrogens with one attached hydrogen (secondary N) is 1. The number of aromatic nitrogens is 4. The summed E-state index contributed by atoms with van der Waals surface area (Å²) in [6.45, 7) is 2.69. The van der Waals surface area contributed by atoms with Crippen molar-refractivity contribution < 1.29 is 26.3 Å². The lowest BCUT2D eigenvalue weighted by atomic mass is 10.2. The third-order valence-electron chi connectivity index (χ3n) is 5.15. The summed E-state index contributed by atoms with van der Waals surface area (Å²) in [6, 6.07) is 7.07. The summed E-state index contributed by atoms with van der Waals surface area (Å²) in [5, 5.41) is 2.71. The zero-order valence-corrected chi connectivity index (χ0v) is 17.8. The molecule has 34 heavy (non-hydrogen) atoms. The number of hydrogen-bond acceptors (Lipinski definition) is 7. The van der Waals surface area contributed by atoms with Crippen molar-refractivity contribution in [2.75, 3.05) is 43.4 Å². The Morgan fingerprint density at radius 1 is 0.794 bits per heavy atom. The highest BCUT2D eigenvalue weighted by molar-refractivity contribution is 5.64. The molecule has 4 rings (SSSR count). The van der Waals surface area contributed by atoms with Gasteiger partial charge in [-0.1, -0.05) is 6.07 Å². The smallest absolute Gasteiger partial charge is 0.354 e. The summed E-state index contributed by atoms with van der Waals surface area (Å²) in [4.78, 5) is 19.7. The lowest BCUT2D eigenvalue weighted by Crippen LogP contribution is -2.44. The van der Waals surface area contributed by atoms with Crippen LogP contribution in [0, 0.1) is 0 Å². The van der Waals surface area contributed by atoms with Crippen LogP contribution < -0.4 is 10.2 Å². The molecule has 0 bridgehead atoms. The van der Waals surface area contributed by atoms with Crippen molar-refractivity contribution >= 4 is 17.5 Å². The highest BCUT2D eigenvalue weighted by atomic mass is 19.4. The molecule has 0 amide bonds. The highest BCUT2D eigenvalue weighted by Crippen LogP contribution is 2.32. The zero-order chi connectivity index (χ0) is 24.5. The topological polar surface area (TPSA) is 70.1 Å². The van der Waals surface area contributed by atoms with E-state index in [4.69, 9.17) is 0 Å². The summed E-state index contributed by atoms with van der Waals surface area (Å²) in [5.74, 6) is 0.342. The van der Waals surface area contributed by atoms with Gasteiger partial charge in [0.25, 0.3) is 0 Å². The van der Waals surface area contributed by atoms with Crippen LogP contribution in [0.2, 0.25) is 0 Å². The van der Waals surface area contributed by atoms with Crippen molar-refractivity contribution in [3.8, 4) is 11.4 Å². The normalized spacial score (nSPS) is 15.4. The van der Waals surface area contributed by atoms with Gasteiger partial charge in [-0.3, -0.25) is 4.98 Å². The summed E-state index contributed by atoms with van der Waals surface area (Å²) >= 11 is 0. The predicted octanol–water partition coefficient (Wildman–Crippen LogP) is 4.47. The van der Waals surface area contributed by atoms with Crippen LogP contribution in [0.5, 0.6) is 0 Å². The summed E-state index contributed by atoms with van der Waals surface area (Å²) < 4.78 is 78.6. The van der Waals surface area contributed by atoms with Crippen molar-refractivity contribution in [1.29, 1.82) is 0 Å². The largest absolute Gasteiger partial charge is 0.433 e. The molecule has 0 spiro atoms. The number of rotatable bonds is 4. The van der Waals surface area contributed by atoms with Gasteiger partial charge in [0, 0.05) is 44.1 Å². The van der Waals surface area contributed by atoms with E-state index >= 15 is 0 Å². The molecule has 1 aliphatic heterocycles. The number of pyridine rings is 2. The first-order chi connectivity index (χ1) is 16.0. The molecule has 3 aromatic heterocycles. The van der Waals surface area contributed by atoms with Crippen molar-refractivity contribution in [1.82, 2.24) is 24.8 Å². The molecule has 1 N–H and O–H groups in total. The highest BCUT2D eigenvalue weighted by Gasteiger charge is 2.33. The first-order valence-corrected chi connectivity index (χ1v) is 10.2. The first kappa shape index (κ1) is 23.7. The monoisotopic (exact) mass is 483 g/mol. The van der Waals surface area contributed by atoms with E-state index in [1.807, 2.05) is 11.9 Å². The number of halogens is 6. The molecular weight excluding hydrogens is 464 g/mol. The predicted molar refractivity (Wildman–Crippen MR) is 112 cm³/mol. The quantitative estimate of drug-likeness (QED) is 0.550. The van der Waals surface area contributed by atoms with Crippen molar-refractivity contribution in [3.05, 3.63) is 54.0 Å². The Hall–Kier alpha value is -3.48. The molecule has 7 nitrogen and oxygen atoms in total. The minimum atomic E-state index is -4.65. The average Bonchev–Trinajstić information content (AvgIpc) is 2.78. The van der Waals surface area contributed by atoms with Crippen LogP contribution in [-0.4, -0.2) is 58.1 Å². The average molecular weight is 483 g/mol. The molecular formula is C21H19F6N7. The van der Waals surface area contributed by atoms with E-state index in [2.05, 4.69) is 30.2 Å². The van der Waals surface area contributed by atoms with E-state index in [1.165, 1.54) is 24.3 Å². The standard InChI is InChI=1S/C21H19F6N7/c1-33-7-9-34(10-8-33)18-12-15(14-3-2-4-16(30-14)20(22,23)24)31-19(32-18)29-13-5-6-28-17(11-13)21(25,26)27/h2-6,11-12H,7-10H2,1H3,(H,28,29,31,32). The fourth-order valence-electron chi connectivity index (χ4n) is 3.35. The number of alkyl halides is 6. The first-order valence-electron chi connectivity index (χ1n) is 10.2. The molecule has 180 valence electrons. The summed E-state index contributed by atoms with van der Waals surface area (Å²) in [7, 11) is 1.96. The molecule has 0 radical (unpaired) electrons. The van der Waals surface area contributed by atoms with Gasteiger partial charge in [-0.05, 0) is 31.3 Å². The minimum absolute atomic E-state index is 0.0285. The van der Waals surface area contributed by atoms with Gasteiger partial charge in [-0.15, -0.1) is 0 Å². The van der Waals surface area contributed by atoms with Gasteiger partial charge in [0.1, 0.15) is 17.2 Å². The SMILES string of the molecule is CN1CCN(c2cc(-c3cccc(C(F)(F)F)n3)nc(Nc3ccnc(C(F)(F)F)c3)n2)CC1. The Labute approximate surface area is 190 Å². The lowest BCUT2D eigenvalue weighted by Gasteiger charge is -2.33. The maximum Gasteiger partial charge on any atom is 0.433 e. The fourth-order valence-corrected chi connectivity index (χ4v) is 3.35. The Morgan fingerprint density at radius 2 is 1.50 bits per heavy atom. The second-order valence-corrected chi connectivity index (χ2v) is 7.68.